The third kappa shape index (κ3) is 2.96. The summed E-state index contributed by atoms with van der Waals surface area (Å²) >= 11 is 0. The molecule has 0 radical (unpaired) electrons. The Labute approximate surface area is 114 Å². The summed E-state index contributed by atoms with van der Waals surface area (Å²) in [6, 6.07) is 4.11. The molecule has 1 fully saturated rings. The molecular formula is C15H22N2O2. The predicted molar refractivity (Wildman–Crippen MR) is 75.4 cm³/mol. The lowest BCUT2D eigenvalue weighted by Crippen LogP contribution is -2.48. The molecule has 2 N–H and O–H groups in total. The monoisotopic (exact) mass is 262 g/mol. The van der Waals surface area contributed by atoms with Gasteiger partial charge in [-0.1, -0.05) is 17.7 Å². The van der Waals surface area contributed by atoms with E-state index in [1.807, 2.05) is 25.7 Å². The molecular weight excluding hydrogens is 240 g/mol. The Morgan fingerprint density at radius 2 is 2.00 bits per heavy atom. The molecule has 1 aromatic rings. The number of benzene rings is 1. The number of ether oxygens (including phenoxy) is 1. The molecule has 19 heavy (non-hydrogen) atoms. The number of nitrogens with two attached hydrogens (primary N) is 1. The van der Waals surface area contributed by atoms with Gasteiger partial charge < -0.3 is 15.4 Å². The summed E-state index contributed by atoms with van der Waals surface area (Å²) in [7, 11) is 0. The maximum absolute atomic E-state index is 12.6. The number of carbonyl (C=O) groups excluding carboxylic acids is 1. The maximum atomic E-state index is 12.6. The van der Waals surface area contributed by atoms with Crippen molar-refractivity contribution in [2.45, 2.75) is 26.9 Å². The van der Waals surface area contributed by atoms with Crippen molar-refractivity contribution in [3.8, 4) is 0 Å². The lowest BCUT2D eigenvalue weighted by atomic mass is 9.98. The number of amides is 1. The van der Waals surface area contributed by atoms with E-state index < -0.39 is 0 Å². The van der Waals surface area contributed by atoms with Crippen molar-refractivity contribution in [3.05, 3.63) is 34.4 Å². The molecule has 1 unspecified atom stereocenters. The molecule has 1 aliphatic rings. The van der Waals surface area contributed by atoms with E-state index in [2.05, 4.69) is 12.1 Å². The average molecular weight is 262 g/mol. The van der Waals surface area contributed by atoms with Gasteiger partial charge in [-0.25, -0.2) is 0 Å². The first-order valence-electron chi connectivity index (χ1n) is 6.71. The van der Waals surface area contributed by atoms with Crippen molar-refractivity contribution in [1.82, 2.24) is 4.90 Å². The highest BCUT2D eigenvalue weighted by Gasteiger charge is 2.26. The van der Waals surface area contributed by atoms with Crippen LogP contribution >= 0.6 is 0 Å². The highest BCUT2D eigenvalue weighted by Crippen LogP contribution is 2.19. The number of rotatable bonds is 2. The number of aryl methyl sites for hydroxylation is 3. The lowest BCUT2D eigenvalue weighted by molar-refractivity contribution is -0.0168. The first kappa shape index (κ1) is 14.0. The Bertz CT molecular complexity index is 462. The number of hydrogen-bond acceptors (Lipinski definition) is 3. The molecule has 1 aliphatic heterocycles. The second-order valence-electron chi connectivity index (χ2n) is 5.25. The van der Waals surface area contributed by atoms with Crippen LogP contribution < -0.4 is 5.73 Å². The molecule has 1 heterocycles. The zero-order valence-corrected chi connectivity index (χ0v) is 11.9. The van der Waals surface area contributed by atoms with Gasteiger partial charge in [0.15, 0.2) is 0 Å². The first-order valence-corrected chi connectivity index (χ1v) is 6.71. The molecule has 104 valence electrons. The molecule has 0 spiro atoms. The van der Waals surface area contributed by atoms with Gasteiger partial charge in [0.05, 0.1) is 12.7 Å². The highest BCUT2D eigenvalue weighted by molar-refractivity contribution is 5.97. The zero-order valence-electron chi connectivity index (χ0n) is 11.9. The van der Waals surface area contributed by atoms with Crippen LogP contribution in [0.2, 0.25) is 0 Å². The number of carbonyl (C=O) groups is 1. The number of hydrogen-bond donors (Lipinski definition) is 1. The molecule has 1 saturated heterocycles. The molecule has 1 aromatic carbocycles. The fourth-order valence-corrected chi connectivity index (χ4v) is 2.72. The average Bonchev–Trinajstić information content (AvgIpc) is 2.37. The minimum Gasteiger partial charge on any atom is -0.373 e. The third-order valence-electron chi connectivity index (χ3n) is 3.58. The summed E-state index contributed by atoms with van der Waals surface area (Å²) in [5.41, 5.74) is 9.71. The van der Waals surface area contributed by atoms with Gasteiger partial charge in [0.2, 0.25) is 0 Å². The SMILES string of the molecule is Cc1cc(C)c(C(=O)N2CCOC(CN)C2)c(C)c1. The van der Waals surface area contributed by atoms with Crippen LogP contribution in [0.5, 0.6) is 0 Å². The van der Waals surface area contributed by atoms with Gasteiger partial charge in [-0.3, -0.25) is 4.79 Å². The summed E-state index contributed by atoms with van der Waals surface area (Å²) < 4.78 is 5.50. The largest absolute Gasteiger partial charge is 0.373 e. The summed E-state index contributed by atoms with van der Waals surface area (Å²) in [6.07, 6.45) is -0.0382. The van der Waals surface area contributed by atoms with Crippen LogP contribution in [-0.2, 0) is 4.74 Å². The summed E-state index contributed by atoms with van der Waals surface area (Å²) in [6.45, 7) is 8.28. The van der Waals surface area contributed by atoms with Gasteiger partial charge in [0.1, 0.15) is 0 Å². The van der Waals surface area contributed by atoms with Crippen molar-refractivity contribution in [2.75, 3.05) is 26.2 Å². The van der Waals surface area contributed by atoms with Crippen LogP contribution in [0.3, 0.4) is 0 Å². The Morgan fingerprint density at radius 1 is 1.37 bits per heavy atom. The molecule has 4 heteroatoms. The Hall–Kier alpha value is -1.39. The lowest BCUT2D eigenvalue weighted by Gasteiger charge is -2.33. The fraction of sp³-hybridized carbons (Fsp3) is 0.533. The Kier molecular flexibility index (Phi) is 4.22. The second kappa shape index (κ2) is 5.72. The topological polar surface area (TPSA) is 55.6 Å². The number of nitrogens with zero attached hydrogens (tertiary/aromatic N) is 1. The van der Waals surface area contributed by atoms with Crippen molar-refractivity contribution in [3.63, 3.8) is 0 Å². The minimum atomic E-state index is -0.0382. The van der Waals surface area contributed by atoms with Crippen molar-refractivity contribution in [1.29, 1.82) is 0 Å². The molecule has 0 aromatic heterocycles. The Morgan fingerprint density at radius 3 is 2.58 bits per heavy atom. The minimum absolute atomic E-state index is 0.0382. The molecule has 1 amide bonds. The van der Waals surface area contributed by atoms with Crippen LogP contribution in [0.4, 0.5) is 0 Å². The van der Waals surface area contributed by atoms with Crippen LogP contribution in [0.25, 0.3) is 0 Å². The van der Waals surface area contributed by atoms with E-state index in [0.29, 0.717) is 26.2 Å². The summed E-state index contributed by atoms with van der Waals surface area (Å²) in [4.78, 5) is 14.5. The van der Waals surface area contributed by atoms with Gasteiger partial charge in [0, 0.05) is 25.2 Å². The highest BCUT2D eigenvalue weighted by atomic mass is 16.5. The van der Waals surface area contributed by atoms with Gasteiger partial charge in [0.25, 0.3) is 5.91 Å². The van der Waals surface area contributed by atoms with E-state index in [1.165, 1.54) is 5.56 Å². The van der Waals surface area contributed by atoms with Gasteiger partial charge in [-0.05, 0) is 31.9 Å². The van der Waals surface area contributed by atoms with Crippen LogP contribution in [0, 0.1) is 20.8 Å². The summed E-state index contributed by atoms with van der Waals surface area (Å²) in [5, 5.41) is 0. The van der Waals surface area contributed by atoms with E-state index >= 15 is 0 Å². The van der Waals surface area contributed by atoms with Gasteiger partial charge in [-0.2, -0.15) is 0 Å². The molecule has 0 bridgehead atoms. The molecule has 2 rings (SSSR count). The van der Waals surface area contributed by atoms with Crippen molar-refractivity contribution in [2.24, 2.45) is 5.73 Å². The third-order valence-corrected chi connectivity index (χ3v) is 3.58. The Balaban J connectivity index is 2.24. The zero-order chi connectivity index (χ0) is 14.0. The molecule has 0 aliphatic carbocycles. The standard InChI is InChI=1S/C15H22N2O2/c1-10-6-11(2)14(12(3)7-10)15(18)17-4-5-19-13(8-16)9-17/h6-7,13H,4-5,8-9,16H2,1-3H3. The molecule has 1 atom stereocenters. The van der Waals surface area contributed by atoms with E-state index in [9.17, 15) is 4.79 Å². The van der Waals surface area contributed by atoms with E-state index in [4.69, 9.17) is 10.5 Å². The fourth-order valence-electron chi connectivity index (χ4n) is 2.72. The predicted octanol–water partition coefficient (Wildman–Crippen LogP) is 1.41. The molecule has 0 saturated carbocycles. The van der Waals surface area contributed by atoms with Crippen LogP contribution in [0.1, 0.15) is 27.0 Å². The van der Waals surface area contributed by atoms with E-state index in [-0.39, 0.29) is 12.0 Å². The summed E-state index contributed by atoms with van der Waals surface area (Å²) in [5.74, 6) is 0.0942. The normalized spacial score (nSPS) is 19.6. The maximum Gasteiger partial charge on any atom is 0.254 e. The van der Waals surface area contributed by atoms with Crippen LogP contribution in [0.15, 0.2) is 12.1 Å². The second-order valence-corrected chi connectivity index (χ2v) is 5.25. The van der Waals surface area contributed by atoms with Crippen molar-refractivity contribution >= 4 is 5.91 Å². The quantitative estimate of drug-likeness (QED) is 0.877. The van der Waals surface area contributed by atoms with Gasteiger partial charge in [-0.15, -0.1) is 0 Å². The number of morpholine rings is 1. The van der Waals surface area contributed by atoms with E-state index in [0.717, 1.165) is 16.7 Å². The smallest absolute Gasteiger partial charge is 0.254 e. The van der Waals surface area contributed by atoms with Gasteiger partial charge >= 0.3 is 0 Å². The first-order chi connectivity index (χ1) is 9.02. The van der Waals surface area contributed by atoms with Crippen LogP contribution in [-0.4, -0.2) is 43.2 Å². The molecule has 4 nitrogen and oxygen atoms in total. The van der Waals surface area contributed by atoms with E-state index in [1.54, 1.807) is 0 Å². The van der Waals surface area contributed by atoms with Crippen molar-refractivity contribution < 1.29 is 9.53 Å².